The fraction of sp³-hybridized carbons (Fsp3) is 0.538. The van der Waals surface area contributed by atoms with Crippen LogP contribution < -0.4 is 10.5 Å². The topological polar surface area (TPSA) is 35.2 Å². The van der Waals surface area contributed by atoms with E-state index in [-0.39, 0.29) is 22.4 Å². The Kier molecular flexibility index (Phi) is 3.64. The lowest BCUT2D eigenvalue weighted by atomic mass is 9.90. The van der Waals surface area contributed by atoms with E-state index in [2.05, 4.69) is 6.92 Å². The van der Waals surface area contributed by atoms with Gasteiger partial charge < -0.3 is 10.5 Å². The van der Waals surface area contributed by atoms with Crippen LogP contribution in [0, 0.1) is 5.82 Å². The highest BCUT2D eigenvalue weighted by molar-refractivity contribution is 8.00. The van der Waals surface area contributed by atoms with Crippen LogP contribution in [-0.4, -0.2) is 17.6 Å². The van der Waals surface area contributed by atoms with Gasteiger partial charge in [-0.3, -0.25) is 0 Å². The highest BCUT2D eigenvalue weighted by Crippen LogP contribution is 2.46. The molecule has 2 rings (SSSR count). The highest BCUT2D eigenvalue weighted by atomic mass is 32.2. The van der Waals surface area contributed by atoms with Crippen molar-refractivity contribution in [2.75, 3.05) is 12.9 Å². The van der Waals surface area contributed by atoms with Gasteiger partial charge in [0.2, 0.25) is 0 Å². The minimum atomic E-state index is -0.323. The summed E-state index contributed by atoms with van der Waals surface area (Å²) in [5, 5.41) is 0. The number of halogens is 1. The van der Waals surface area contributed by atoms with E-state index in [4.69, 9.17) is 10.5 Å². The third kappa shape index (κ3) is 2.29. The molecule has 4 heteroatoms. The first-order valence-corrected chi connectivity index (χ1v) is 6.79. The SMILES string of the molecule is COc1cccc(C(N)C2(C)CCCS2)c1F. The molecule has 1 heterocycles. The molecule has 1 aliphatic heterocycles. The number of methoxy groups -OCH3 is 1. The van der Waals surface area contributed by atoms with Crippen LogP contribution in [0.5, 0.6) is 5.75 Å². The van der Waals surface area contributed by atoms with E-state index in [0.29, 0.717) is 5.56 Å². The van der Waals surface area contributed by atoms with Crippen LogP contribution in [0.4, 0.5) is 4.39 Å². The second-order valence-corrected chi connectivity index (χ2v) is 6.24. The summed E-state index contributed by atoms with van der Waals surface area (Å²) < 4.78 is 19.1. The predicted molar refractivity (Wildman–Crippen MR) is 70.0 cm³/mol. The van der Waals surface area contributed by atoms with E-state index >= 15 is 0 Å². The van der Waals surface area contributed by atoms with Crippen LogP contribution in [0.2, 0.25) is 0 Å². The molecule has 0 spiro atoms. The van der Waals surface area contributed by atoms with Crippen LogP contribution in [0.3, 0.4) is 0 Å². The van der Waals surface area contributed by atoms with Crippen molar-refractivity contribution in [1.29, 1.82) is 0 Å². The molecular weight excluding hydrogens is 237 g/mol. The minimum Gasteiger partial charge on any atom is -0.494 e. The molecule has 0 radical (unpaired) electrons. The van der Waals surface area contributed by atoms with Crippen LogP contribution in [-0.2, 0) is 0 Å². The van der Waals surface area contributed by atoms with Crippen molar-refractivity contribution in [3.8, 4) is 5.75 Å². The Hall–Kier alpha value is -0.740. The Labute approximate surface area is 106 Å². The van der Waals surface area contributed by atoms with Gasteiger partial charge in [-0.15, -0.1) is 0 Å². The molecule has 0 amide bonds. The van der Waals surface area contributed by atoms with E-state index in [1.807, 2.05) is 11.8 Å². The molecule has 1 aromatic carbocycles. The van der Waals surface area contributed by atoms with Crippen molar-refractivity contribution < 1.29 is 9.13 Å². The third-order valence-corrected chi connectivity index (χ3v) is 5.07. The molecule has 2 nitrogen and oxygen atoms in total. The molecule has 0 aromatic heterocycles. The van der Waals surface area contributed by atoms with Gasteiger partial charge in [-0.25, -0.2) is 4.39 Å². The summed E-state index contributed by atoms with van der Waals surface area (Å²) in [7, 11) is 1.47. The van der Waals surface area contributed by atoms with Gasteiger partial charge in [0.15, 0.2) is 11.6 Å². The van der Waals surface area contributed by atoms with Crippen LogP contribution in [0.15, 0.2) is 18.2 Å². The number of thioether (sulfide) groups is 1. The Morgan fingerprint density at radius 2 is 2.29 bits per heavy atom. The van der Waals surface area contributed by atoms with E-state index < -0.39 is 0 Å². The molecule has 1 aliphatic rings. The fourth-order valence-electron chi connectivity index (χ4n) is 2.30. The molecule has 0 aliphatic carbocycles. The number of ether oxygens (including phenoxy) is 1. The molecule has 2 unspecified atom stereocenters. The first kappa shape index (κ1) is 12.7. The standard InChI is InChI=1S/C13H18FNOS/c1-13(7-4-8-17-13)12(15)9-5-3-6-10(16-2)11(9)14/h3,5-6,12H,4,7-8,15H2,1-2H3. The van der Waals surface area contributed by atoms with Crippen molar-refractivity contribution in [1.82, 2.24) is 0 Å². The van der Waals surface area contributed by atoms with Gasteiger partial charge in [-0.1, -0.05) is 12.1 Å². The van der Waals surface area contributed by atoms with E-state index in [1.165, 1.54) is 7.11 Å². The maximum absolute atomic E-state index is 14.1. The first-order chi connectivity index (χ1) is 8.08. The zero-order valence-corrected chi connectivity index (χ0v) is 11.0. The van der Waals surface area contributed by atoms with E-state index in [0.717, 1.165) is 18.6 Å². The lowest BCUT2D eigenvalue weighted by Crippen LogP contribution is -2.33. The maximum atomic E-state index is 14.1. The fourth-order valence-corrected chi connectivity index (χ4v) is 3.65. The van der Waals surface area contributed by atoms with Crippen LogP contribution >= 0.6 is 11.8 Å². The molecule has 1 saturated heterocycles. The molecule has 2 N–H and O–H groups in total. The third-order valence-electron chi connectivity index (χ3n) is 3.46. The van der Waals surface area contributed by atoms with Gasteiger partial charge in [-0.2, -0.15) is 11.8 Å². The van der Waals surface area contributed by atoms with Gasteiger partial charge in [0.05, 0.1) is 7.11 Å². The number of nitrogens with two attached hydrogens (primary N) is 1. The molecule has 2 atom stereocenters. The second-order valence-electron chi connectivity index (χ2n) is 4.61. The summed E-state index contributed by atoms with van der Waals surface area (Å²) in [6.07, 6.45) is 2.19. The van der Waals surface area contributed by atoms with Gasteiger partial charge in [-0.05, 0) is 31.6 Å². The van der Waals surface area contributed by atoms with Crippen molar-refractivity contribution in [2.45, 2.75) is 30.6 Å². The molecule has 94 valence electrons. The first-order valence-electron chi connectivity index (χ1n) is 5.80. The summed E-state index contributed by atoms with van der Waals surface area (Å²) >= 11 is 1.84. The number of rotatable bonds is 3. The normalized spacial score (nSPS) is 25.9. The van der Waals surface area contributed by atoms with Crippen LogP contribution in [0.25, 0.3) is 0 Å². The van der Waals surface area contributed by atoms with Crippen LogP contribution in [0.1, 0.15) is 31.4 Å². The van der Waals surface area contributed by atoms with Crippen molar-refractivity contribution in [3.05, 3.63) is 29.6 Å². The average Bonchev–Trinajstić information content (AvgIpc) is 2.77. The molecule has 1 fully saturated rings. The Morgan fingerprint density at radius 3 is 2.88 bits per heavy atom. The van der Waals surface area contributed by atoms with E-state index in [9.17, 15) is 4.39 Å². The molecule has 0 bridgehead atoms. The highest BCUT2D eigenvalue weighted by Gasteiger charge is 2.38. The average molecular weight is 255 g/mol. The summed E-state index contributed by atoms with van der Waals surface area (Å²) in [5.41, 5.74) is 6.80. The van der Waals surface area contributed by atoms with Crippen molar-refractivity contribution in [3.63, 3.8) is 0 Å². The van der Waals surface area contributed by atoms with E-state index in [1.54, 1.807) is 18.2 Å². The molecule has 0 saturated carbocycles. The maximum Gasteiger partial charge on any atom is 0.169 e. The van der Waals surface area contributed by atoms with Gasteiger partial charge in [0, 0.05) is 16.4 Å². The molecular formula is C13H18FNOS. The number of hydrogen-bond acceptors (Lipinski definition) is 3. The number of benzene rings is 1. The lowest BCUT2D eigenvalue weighted by molar-refractivity contribution is 0.378. The molecule has 17 heavy (non-hydrogen) atoms. The van der Waals surface area contributed by atoms with Gasteiger partial charge in [0.25, 0.3) is 0 Å². The summed E-state index contributed by atoms with van der Waals surface area (Å²) in [6, 6.07) is 4.88. The lowest BCUT2D eigenvalue weighted by Gasteiger charge is -2.31. The van der Waals surface area contributed by atoms with Crippen molar-refractivity contribution in [2.24, 2.45) is 5.73 Å². The monoisotopic (exact) mass is 255 g/mol. The smallest absolute Gasteiger partial charge is 0.169 e. The van der Waals surface area contributed by atoms with Gasteiger partial charge in [0.1, 0.15) is 0 Å². The Balaban J connectivity index is 2.33. The molecule has 1 aromatic rings. The Morgan fingerprint density at radius 1 is 1.53 bits per heavy atom. The minimum absolute atomic E-state index is 0.0623. The summed E-state index contributed by atoms with van der Waals surface area (Å²) in [6.45, 7) is 2.12. The second kappa shape index (κ2) is 4.86. The predicted octanol–water partition coefficient (Wildman–Crippen LogP) is 3.12. The van der Waals surface area contributed by atoms with Gasteiger partial charge >= 0.3 is 0 Å². The quantitative estimate of drug-likeness (QED) is 0.901. The largest absolute Gasteiger partial charge is 0.494 e. The number of hydrogen-bond donors (Lipinski definition) is 1. The summed E-state index contributed by atoms with van der Waals surface area (Å²) in [4.78, 5) is 0. The van der Waals surface area contributed by atoms with Crippen molar-refractivity contribution >= 4 is 11.8 Å². The zero-order valence-electron chi connectivity index (χ0n) is 10.2. The summed E-state index contributed by atoms with van der Waals surface area (Å²) in [5.74, 6) is 1.05. The zero-order chi connectivity index (χ0) is 12.5. The Bertz CT molecular complexity index is 404.